The van der Waals surface area contributed by atoms with Gasteiger partial charge in [0.15, 0.2) is 0 Å². The summed E-state index contributed by atoms with van der Waals surface area (Å²) < 4.78 is 1.73. The number of aryl methyl sites for hydroxylation is 1. The van der Waals surface area contributed by atoms with Crippen LogP contribution in [0.3, 0.4) is 0 Å². The van der Waals surface area contributed by atoms with E-state index in [1.165, 1.54) is 6.20 Å². The Balaban J connectivity index is 1.94. The van der Waals surface area contributed by atoms with Gasteiger partial charge in [-0.15, -0.1) is 0 Å². The summed E-state index contributed by atoms with van der Waals surface area (Å²) in [6, 6.07) is 1.63. The van der Waals surface area contributed by atoms with Gasteiger partial charge in [0, 0.05) is 33.0 Å². The lowest BCUT2D eigenvalue weighted by Crippen LogP contribution is -2.26. The van der Waals surface area contributed by atoms with Crippen molar-refractivity contribution in [1.29, 1.82) is 0 Å². The van der Waals surface area contributed by atoms with Gasteiger partial charge in [0.2, 0.25) is 0 Å². The molecule has 2 heterocycles. The van der Waals surface area contributed by atoms with Crippen LogP contribution >= 0.6 is 11.6 Å². The topological polar surface area (TPSA) is 71.8 Å². The van der Waals surface area contributed by atoms with Gasteiger partial charge in [-0.3, -0.25) is 9.48 Å². The summed E-state index contributed by atoms with van der Waals surface area (Å²) >= 11 is 5.98. The van der Waals surface area contributed by atoms with Crippen LogP contribution < -0.4 is 10.6 Å². The second-order valence-electron chi connectivity index (χ2n) is 4.33. The number of carbonyl (C=O) groups excluding carboxylic acids is 1. The molecule has 1 amide bonds. The monoisotopic (exact) mass is 293 g/mol. The number of amides is 1. The van der Waals surface area contributed by atoms with Gasteiger partial charge in [0.1, 0.15) is 5.82 Å². The van der Waals surface area contributed by atoms with Crippen LogP contribution in [0, 0.1) is 0 Å². The number of nitrogens with one attached hydrogen (secondary N) is 2. The van der Waals surface area contributed by atoms with Crippen molar-refractivity contribution < 1.29 is 4.79 Å². The van der Waals surface area contributed by atoms with E-state index in [0.717, 1.165) is 12.0 Å². The molecule has 0 atom stereocenters. The average Bonchev–Trinajstić information content (AvgIpc) is 2.85. The van der Waals surface area contributed by atoms with Crippen LogP contribution in [0.2, 0.25) is 5.02 Å². The molecule has 0 spiro atoms. The van der Waals surface area contributed by atoms with Crippen molar-refractivity contribution in [2.45, 2.75) is 6.42 Å². The van der Waals surface area contributed by atoms with Crippen LogP contribution in [-0.2, 0) is 13.5 Å². The lowest BCUT2D eigenvalue weighted by molar-refractivity contribution is 0.0954. The lowest BCUT2D eigenvalue weighted by Gasteiger charge is -2.07. The molecule has 0 saturated carbocycles. The minimum Gasteiger partial charge on any atom is -0.373 e. The summed E-state index contributed by atoms with van der Waals surface area (Å²) in [4.78, 5) is 16.1. The Hall–Kier alpha value is -2.08. The molecule has 0 bridgehead atoms. The van der Waals surface area contributed by atoms with Gasteiger partial charge in [-0.1, -0.05) is 11.6 Å². The first-order chi connectivity index (χ1) is 9.60. The van der Waals surface area contributed by atoms with Crippen molar-refractivity contribution in [2.24, 2.45) is 7.05 Å². The quantitative estimate of drug-likeness (QED) is 0.876. The van der Waals surface area contributed by atoms with E-state index in [9.17, 15) is 4.79 Å². The van der Waals surface area contributed by atoms with Gasteiger partial charge in [-0.2, -0.15) is 5.10 Å². The fourth-order valence-corrected chi connectivity index (χ4v) is 1.96. The third kappa shape index (κ3) is 3.48. The first kappa shape index (κ1) is 14.3. The SMILES string of the molecule is CNc1cc(C(=O)NCCc2cnn(C)c2)c(Cl)cn1. The van der Waals surface area contributed by atoms with Crippen LogP contribution in [0.5, 0.6) is 0 Å². The number of aromatic nitrogens is 3. The minimum atomic E-state index is -0.210. The summed E-state index contributed by atoms with van der Waals surface area (Å²) in [5.41, 5.74) is 1.49. The first-order valence-corrected chi connectivity index (χ1v) is 6.57. The number of hydrogen-bond donors (Lipinski definition) is 2. The lowest BCUT2D eigenvalue weighted by atomic mass is 10.2. The fourth-order valence-electron chi connectivity index (χ4n) is 1.77. The number of carbonyl (C=O) groups is 1. The van der Waals surface area contributed by atoms with Gasteiger partial charge >= 0.3 is 0 Å². The summed E-state index contributed by atoms with van der Waals surface area (Å²) in [6.45, 7) is 0.526. The molecular weight excluding hydrogens is 278 g/mol. The predicted molar refractivity (Wildman–Crippen MR) is 78.0 cm³/mol. The average molecular weight is 294 g/mol. The van der Waals surface area contributed by atoms with E-state index in [2.05, 4.69) is 20.7 Å². The maximum atomic E-state index is 12.1. The third-order valence-corrected chi connectivity index (χ3v) is 3.11. The van der Waals surface area contributed by atoms with E-state index in [4.69, 9.17) is 11.6 Å². The zero-order valence-corrected chi connectivity index (χ0v) is 12.1. The van der Waals surface area contributed by atoms with Crippen molar-refractivity contribution in [2.75, 3.05) is 18.9 Å². The molecular formula is C13H16ClN5O. The molecule has 2 aromatic heterocycles. The highest BCUT2D eigenvalue weighted by atomic mass is 35.5. The smallest absolute Gasteiger partial charge is 0.253 e. The van der Waals surface area contributed by atoms with Crippen LogP contribution in [0.15, 0.2) is 24.7 Å². The number of nitrogens with zero attached hydrogens (tertiary/aromatic N) is 3. The largest absolute Gasteiger partial charge is 0.373 e. The molecule has 0 unspecified atom stereocenters. The molecule has 0 aliphatic rings. The molecule has 0 aliphatic heterocycles. The van der Waals surface area contributed by atoms with Crippen molar-refractivity contribution in [1.82, 2.24) is 20.1 Å². The maximum Gasteiger partial charge on any atom is 0.253 e. The van der Waals surface area contributed by atoms with Gasteiger partial charge in [-0.25, -0.2) is 4.98 Å². The van der Waals surface area contributed by atoms with E-state index >= 15 is 0 Å². The van der Waals surface area contributed by atoms with Crippen molar-refractivity contribution in [3.63, 3.8) is 0 Å². The standard InChI is InChI=1S/C13H16ClN5O/c1-15-12-5-10(11(14)7-17-12)13(20)16-4-3-9-6-18-19(2)8-9/h5-8H,3-4H2,1-2H3,(H,15,17)(H,16,20). The summed E-state index contributed by atoms with van der Waals surface area (Å²) in [5, 5.41) is 10.1. The predicted octanol–water partition coefficient (Wildman–Crippen LogP) is 1.48. The molecule has 2 N–H and O–H groups in total. The van der Waals surface area contributed by atoms with E-state index in [1.807, 2.05) is 13.2 Å². The number of halogens is 1. The van der Waals surface area contributed by atoms with E-state index < -0.39 is 0 Å². The van der Waals surface area contributed by atoms with Gasteiger partial charge < -0.3 is 10.6 Å². The summed E-state index contributed by atoms with van der Waals surface area (Å²) in [7, 11) is 3.60. The molecule has 6 nitrogen and oxygen atoms in total. The number of pyridine rings is 1. The number of rotatable bonds is 5. The minimum absolute atomic E-state index is 0.210. The normalized spacial score (nSPS) is 10.3. The van der Waals surface area contributed by atoms with Gasteiger partial charge in [0.05, 0.1) is 16.8 Å². The Morgan fingerprint density at radius 3 is 2.90 bits per heavy atom. The van der Waals surface area contributed by atoms with Crippen molar-refractivity contribution >= 4 is 23.3 Å². The van der Waals surface area contributed by atoms with E-state index in [-0.39, 0.29) is 5.91 Å². The van der Waals surface area contributed by atoms with E-state index in [1.54, 1.807) is 24.0 Å². The van der Waals surface area contributed by atoms with Gasteiger partial charge in [0.25, 0.3) is 5.91 Å². The van der Waals surface area contributed by atoms with Crippen molar-refractivity contribution in [3.8, 4) is 0 Å². The first-order valence-electron chi connectivity index (χ1n) is 6.19. The Morgan fingerprint density at radius 1 is 1.45 bits per heavy atom. The Kier molecular flexibility index (Phi) is 4.57. The Bertz CT molecular complexity index is 611. The fraction of sp³-hybridized carbons (Fsp3) is 0.308. The summed E-state index contributed by atoms with van der Waals surface area (Å²) in [5.74, 6) is 0.393. The Labute approximate surface area is 122 Å². The molecule has 0 saturated heterocycles. The maximum absolute atomic E-state index is 12.1. The molecule has 0 aliphatic carbocycles. The van der Waals surface area contributed by atoms with Crippen LogP contribution in [-0.4, -0.2) is 34.3 Å². The molecule has 2 rings (SSSR count). The second kappa shape index (κ2) is 6.38. The van der Waals surface area contributed by atoms with Crippen LogP contribution in [0.25, 0.3) is 0 Å². The van der Waals surface area contributed by atoms with Crippen molar-refractivity contribution in [3.05, 3.63) is 40.8 Å². The zero-order chi connectivity index (χ0) is 14.5. The molecule has 20 heavy (non-hydrogen) atoms. The highest BCUT2D eigenvalue weighted by Crippen LogP contribution is 2.17. The summed E-state index contributed by atoms with van der Waals surface area (Å²) in [6.07, 6.45) is 5.89. The highest BCUT2D eigenvalue weighted by molar-refractivity contribution is 6.33. The molecule has 0 aromatic carbocycles. The molecule has 2 aromatic rings. The van der Waals surface area contributed by atoms with E-state index in [0.29, 0.717) is 22.9 Å². The van der Waals surface area contributed by atoms with Crippen LogP contribution in [0.1, 0.15) is 15.9 Å². The zero-order valence-electron chi connectivity index (χ0n) is 11.4. The second-order valence-corrected chi connectivity index (χ2v) is 4.73. The third-order valence-electron chi connectivity index (χ3n) is 2.81. The molecule has 7 heteroatoms. The molecule has 0 fully saturated rings. The molecule has 106 valence electrons. The number of hydrogen-bond acceptors (Lipinski definition) is 4. The highest BCUT2D eigenvalue weighted by Gasteiger charge is 2.11. The van der Waals surface area contributed by atoms with Gasteiger partial charge in [-0.05, 0) is 18.1 Å². The Morgan fingerprint density at radius 2 is 2.25 bits per heavy atom. The van der Waals surface area contributed by atoms with Crippen LogP contribution in [0.4, 0.5) is 5.82 Å². The number of anilines is 1. The molecule has 0 radical (unpaired) electrons.